The van der Waals surface area contributed by atoms with Gasteiger partial charge >= 0.3 is 0 Å². The van der Waals surface area contributed by atoms with Crippen LogP contribution in [0, 0.1) is 20.8 Å². The highest BCUT2D eigenvalue weighted by Crippen LogP contribution is 2.29. The fourth-order valence-electron chi connectivity index (χ4n) is 2.70. The zero-order valence-corrected chi connectivity index (χ0v) is 11.3. The van der Waals surface area contributed by atoms with E-state index in [1.54, 1.807) is 0 Å². The maximum Gasteiger partial charge on any atom is 0.0527 e. The van der Waals surface area contributed by atoms with Crippen LogP contribution in [0.2, 0.25) is 0 Å². The smallest absolute Gasteiger partial charge is 0.0527 e. The number of aromatic nitrogens is 2. The first-order valence-electron chi connectivity index (χ1n) is 6.05. The van der Waals surface area contributed by atoms with E-state index in [0.717, 1.165) is 0 Å². The van der Waals surface area contributed by atoms with Crippen LogP contribution in [0.1, 0.15) is 40.7 Å². The Morgan fingerprint density at radius 3 is 2.18 bits per heavy atom. The van der Waals surface area contributed by atoms with Gasteiger partial charge in [0.15, 0.2) is 0 Å². The Hall–Kier alpha value is -1.57. The molecule has 2 rings (SSSR count). The monoisotopic (exact) mass is 228 g/mol. The highest BCUT2D eigenvalue weighted by molar-refractivity contribution is 5.43. The summed E-state index contributed by atoms with van der Waals surface area (Å²) in [6, 6.07) is 4.52. The van der Waals surface area contributed by atoms with Crippen molar-refractivity contribution >= 4 is 0 Å². The van der Waals surface area contributed by atoms with Crippen LogP contribution in [0.4, 0.5) is 0 Å². The molecular weight excluding hydrogens is 208 g/mol. The van der Waals surface area contributed by atoms with Crippen LogP contribution < -0.4 is 0 Å². The minimum Gasteiger partial charge on any atom is -0.276 e. The first-order chi connectivity index (χ1) is 7.99. The molecule has 1 atom stereocenters. The molecule has 2 nitrogen and oxygen atoms in total. The van der Waals surface area contributed by atoms with Gasteiger partial charge in [-0.15, -0.1) is 0 Å². The van der Waals surface area contributed by atoms with Crippen molar-refractivity contribution < 1.29 is 0 Å². The fourth-order valence-corrected chi connectivity index (χ4v) is 2.70. The molecule has 90 valence electrons. The van der Waals surface area contributed by atoms with Gasteiger partial charge in [-0.3, -0.25) is 4.68 Å². The summed E-state index contributed by atoms with van der Waals surface area (Å²) in [7, 11) is 1.96. The molecule has 1 aromatic heterocycles. The molecule has 0 spiro atoms. The summed E-state index contributed by atoms with van der Waals surface area (Å²) in [5, 5.41) is 4.26. The molecular formula is C15H20N2. The lowest BCUT2D eigenvalue weighted by atomic mass is 9.87. The van der Waals surface area contributed by atoms with Crippen LogP contribution in [0.15, 0.2) is 24.5 Å². The second-order valence-corrected chi connectivity index (χ2v) is 4.98. The lowest BCUT2D eigenvalue weighted by Crippen LogP contribution is -2.01. The number of benzene rings is 1. The minimum absolute atomic E-state index is 0.407. The van der Waals surface area contributed by atoms with Crippen molar-refractivity contribution in [3.8, 4) is 0 Å². The highest BCUT2D eigenvalue weighted by Gasteiger charge is 2.15. The van der Waals surface area contributed by atoms with Crippen molar-refractivity contribution in [3.05, 3.63) is 52.3 Å². The normalized spacial score (nSPS) is 12.8. The third kappa shape index (κ3) is 2.26. The molecule has 0 N–H and O–H groups in total. The number of aryl methyl sites for hydroxylation is 4. The highest BCUT2D eigenvalue weighted by atomic mass is 15.2. The van der Waals surface area contributed by atoms with Gasteiger partial charge in [-0.25, -0.2) is 0 Å². The predicted octanol–water partition coefficient (Wildman–Crippen LogP) is 3.50. The molecule has 0 aliphatic rings. The molecule has 1 heterocycles. The molecule has 1 aromatic carbocycles. The molecule has 0 amide bonds. The van der Waals surface area contributed by atoms with Gasteiger partial charge in [0, 0.05) is 19.2 Å². The Morgan fingerprint density at radius 2 is 1.71 bits per heavy atom. The first kappa shape index (κ1) is 11.9. The topological polar surface area (TPSA) is 17.8 Å². The number of hydrogen-bond donors (Lipinski definition) is 0. The molecule has 1 unspecified atom stereocenters. The first-order valence-corrected chi connectivity index (χ1v) is 6.05. The fraction of sp³-hybridized carbons (Fsp3) is 0.400. The van der Waals surface area contributed by atoms with Gasteiger partial charge in [-0.2, -0.15) is 5.10 Å². The van der Waals surface area contributed by atoms with E-state index < -0.39 is 0 Å². The Labute approximate surface area is 103 Å². The molecule has 0 bridgehead atoms. The van der Waals surface area contributed by atoms with Crippen molar-refractivity contribution in [2.45, 2.75) is 33.6 Å². The van der Waals surface area contributed by atoms with Gasteiger partial charge in [-0.1, -0.05) is 24.6 Å². The Morgan fingerprint density at radius 1 is 1.12 bits per heavy atom. The van der Waals surface area contributed by atoms with E-state index in [4.69, 9.17) is 0 Å². The molecule has 0 radical (unpaired) electrons. The molecule has 0 aliphatic carbocycles. The summed E-state index contributed by atoms with van der Waals surface area (Å²) in [6.45, 7) is 8.80. The lowest BCUT2D eigenvalue weighted by molar-refractivity contribution is 0.765. The average Bonchev–Trinajstić information content (AvgIpc) is 2.63. The van der Waals surface area contributed by atoms with Gasteiger partial charge in [0.1, 0.15) is 0 Å². The summed E-state index contributed by atoms with van der Waals surface area (Å²) in [5.74, 6) is 0.407. The molecule has 0 fully saturated rings. The molecule has 0 aliphatic heterocycles. The number of hydrogen-bond acceptors (Lipinski definition) is 1. The minimum atomic E-state index is 0.407. The third-order valence-electron chi connectivity index (χ3n) is 3.40. The number of nitrogens with zero attached hydrogens (tertiary/aromatic N) is 2. The van der Waals surface area contributed by atoms with E-state index in [1.165, 1.54) is 27.8 Å². The van der Waals surface area contributed by atoms with E-state index >= 15 is 0 Å². The maximum absolute atomic E-state index is 4.26. The Balaban J connectivity index is 2.47. The average molecular weight is 228 g/mol. The lowest BCUT2D eigenvalue weighted by Gasteiger charge is -2.17. The zero-order valence-electron chi connectivity index (χ0n) is 11.3. The standard InChI is InChI=1S/C15H20N2/c1-10-6-11(2)15(12(3)7-10)13(4)14-8-16-17(5)9-14/h6-9,13H,1-5H3. The van der Waals surface area contributed by atoms with Gasteiger partial charge < -0.3 is 0 Å². The van der Waals surface area contributed by atoms with Gasteiger partial charge in [-0.05, 0) is 43.0 Å². The Kier molecular flexibility index (Phi) is 3.05. The van der Waals surface area contributed by atoms with E-state index in [2.05, 4.69) is 51.1 Å². The van der Waals surface area contributed by atoms with Crippen molar-refractivity contribution in [2.75, 3.05) is 0 Å². The zero-order chi connectivity index (χ0) is 12.6. The summed E-state index contributed by atoms with van der Waals surface area (Å²) in [5.41, 5.74) is 6.80. The van der Waals surface area contributed by atoms with Crippen LogP contribution >= 0.6 is 0 Å². The summed E-state index contributed by atoms with van der Waals surface area (Å²) >= 11 is 0. The predicted molar refractivity (Wildman–Crippen MR) is 71.4 cm³/mol. The molecule has 17 heavy (non-hydrogen) atoms. The van der Waals surface area contributed by atoms with Crippen LogP contribution in [0.5, 0.6) is 0 Å². The van der Waals surface area contributed by atoms with Gasteiger partial charge in [0.05, 0.1) is 6.20 Å². The second kappa shape index (κ2) is 4.36. The largest absolute Gasteiger partial charge is 0.276 e. The Bertz CT molecular complexity index is 515. The summed E-state index contributed by atoms with van der Waals surface area (Å²) < 4.78 is 1.87. The van der Waals surface area contributed by atoms with E-state index in [-0.39, 0.29) is 0 Å². The van der Waals surface area contributed by atoms with Crippen molar-refractivity contribution in [2.24, 2.45) is 7.05 Å². The van der Waals surface area contributed by atoms with Crippen LogP contribution in [0.25, 0.3) is 0 Å². The van der Waals surface area contributed by atoms with Crippen LogP contribution in [0.3, 0.4) is 0 Å². The van der Waals surface area contributed by atoms with E-state index in [1.807, 2.05) is 17.9 Å². The summed E-state index contributed by atoms with van der Waals surface area (Å²) in [4.78, 5) is 0. The van der Waals surface area contributed by atoms with Gasteiger partial charge in [0.2, 0.25) is 0 Å². The molecule has 2 aromatic rings. The van der Waals surface area contributed by atoms with Crippen molar-refractivity contribution in [1.82, 2.24) is 9.78 Å². The maximum atomic E-state index is 4.26. The quantitative estimate of drug-likeness (QED) is 0.769. The van der Waals surface area contributed by atoms with Gasteiger partial charge in [0.25, 0.3) is 0 Å². The SMILES string of the molecule is Cc1cc(C)c(C(C)c2cnn(C)c2)c(C)c1. The third-order valence-corrected chi connectivity index (χ3v) is 3.40. The van der Waals surface area contributed by atoms with Crippen molar-refractivity contribution in [3.63, 3.8) is 0 Å². The van der Waals surface area contributed by atoms with E-state index in [9.17, 15) is 0 Å². The second-order valence-electron chi connectivity index (χ2n) is 4.98. The number of rotatable bonds is 2. The molecule has 2 heteroatoms. The van der Waals surface area contributed by atoms with Crippen molar-refractivity contribution in [1.29, 1.82) is 0 Å². The molecule has 0 saturated heterocycles. The van der Waals surface area contributed by atoms with Crippen LogP contribution in [-0.4, -0.2) is 9.78 Å². The molecule has 0 saturated carbocycles. The van der Waals surface area contributed by atoms with E-state index in [0.29, 0.717) is 5.92 Å². The van der Waals surface area contributed by atoms with Crippen LogP contribution in [-0.2, 0) is 7.05 Å². The summed E-state index contributed by atoms with van der Waals surface area (Å²) in [6.07, 6.45) is 4.06.